The average molecular weight is 510 g/mol. The van der Waals surface area contributed by atoms with Gasteiger partial charge < -0.3 is 10.2 Å². The first-order chi connectivity index (χ1) is 17.7. The molecule has 3 saturated carbocycles. The van der Waals surface area contributed by atoms with E-state index in [0.29, 0.717) is 23.4 Å². The maximum Gasteiger partial charge on any atom is 0.142 e. The van der Waals surface area contributed by atoms with E-state index in [4.69, 9.17) is 4.99 Å². The summed E-state index contributed by atoms with van der Waals surface area (Å²) >= 11 is 0. The molecule has 4 aliphatic rings. The normalized spacial score (nSPS) is 40.9. The van der Waals surface area contributed by atoms with Gasteiger partial charge in [-0.3, -0.25) is 9.79 Å². The smallest absolute Gasteiger partial charge is 0.142 e. The van der Waals surface area contributed by atoms with Crippen LogP contribution in [0.2, 0.25) is 0 Å². The summed E-state index contributed by atoms with van der Waals surface area (Å²) in [7, 11) is 4.19. The van der Waals surface area contributed by atoms with Crippen molar-refractivity contribution in [1.29, 1.82) is 0 Å². The molecular weight excluding hydrogens is 454 g/mol. The molecular formula is C33H55N3O. The summed E-state index contributed by atoms with van der Waals surface area (Å²) in [6.07, 6.45) is 18.0. The molecule has 0 radical (unpaired) electrons. The van der Waals surface area contributed by atoms with Crippen molar-refractivity contribution in [3.8, 4) is 0 Å². The Morgan fingerprint density at radius 3 is 2.62 bits per heavy atom. The van der Waals surface area contributed by atoms with E-state index in [1.54, 1.807) is 0 Å². The van der Waals surface area contributed by atoms with Gasteiger partial charge in [0.2, 0.25) is 0 Å². The number of hydrogen-bond donors (Lipinski definition) is 1. The first-order valence-electron chi connectivity index (χ1n) is 15.4. The molecule has 1 N–H and O–H groups in total. The highest BCUT2D eigenvalue weighted by atomic mass is 16.1. The molecule has 1 saturated heterocycles. The molecule has 4 rings (SSSR count). The van der Waals surface area contributed by atoms with Gasteiger partial charge in [-0.05, 0) is 112 Å². The average Bonchev–Trinajstić information content (AvgIpc) is 3.47. The lowest BCUT2D eigenvalue weighted by molar-refractivity contribution is -0.104. The van der Waals surface area contributed by atoms with E-state index in [9.17, 15) is 4.79 Å². The first kappa shape index (κ1) is 28.6. The molecule has 0 aromatic carbocycles. The Labute approximate surface area is 227 Å². The fourth-order valence-corrected chi connectivity index (χ4v) is 9.56. The van der Waals surface area contributed by atoms with E-state index >= 15 is 0 Å². The van der Waals surface area contributed by atoms with Gasteiger partial charge in [-0.15, -0.1) is 0 Å². The van der Waals surface area contributed by atoms with Gasteiger partial charge in [0.15, 0.2) is 0 Å². The molecule has 1 heterocycles. The van der Waals surface area contributed by atoms with Gasteiger partial charge in [-0.2, -0.15) is 0 Å². The largest absolute Gasteiger partial charge is 0.380 e. The van der Waals surface area contributed by atoms with Crippen LogP contribution in [0.1, 0.15) is 105 Å². The van der Waals surface area contributed by atoms with Crippen LogP contribution in [0.5, 0.6) is 0 Å². The van der Waals surface area contributed by atoms with Gasteiger partial charge in [-0.1, -0.05) is 39.3 Å². The Morgan fingerprint density at radius 1 is 1.14 bits per heavy atom. The van der Waals surface area contributed by atoms with Gasteiger partial charge in [0.1, 0.15) is 6.29 Å². The van der Waals surface area contributed by atoms with Gasteiger partial charge >= 0.3 is 0 Å². The second-order valence-corrected chi connectivity index (χ2v) is 13.6. The van der Waals surface area contributed by atoms with E-state index in [0.717, 1.165) is 37.0 Å². The second kappa shape index (κ2) is 11.8. The maximum absolute atomic E-state index is 11.4. The highest BCUT2D eigenvalue weighted by molar-refractivity contribution is 5.85. The molecule has 0 bridgehead atoms. The summed E-state index contributed by atoms with van der Waals surface area (Å²) in [5.41, 5.74) is 4.69. The number of allylic oxidation sites excluding steroid dienone is 2. The zero-order chi connectivity index (χ0) is 26.8. The number of aldehydes is 1. The molecule has 37 heavy (non-hydrogen) atoms. The van der Waals surface area contributed by atoms with Crippen LogP contribution in [0.3, 0.4) is 0 Å². The van der Waals surface area contributed by atoms with Crippen LogP contribution in [0.15, 0.2) is 28.9 Å². The Kier molecular flexibility index (Phi) is 9.09. The van der Waals surface area contributed by atoms with Crippen molar-refractivity contribution < 1.29 is 4.79 Å². The highest BCUT2D eigenvalue weighted by Gasteiger charge is 2.58. The minimum Gasteiger partial charge on any atom is -0.380 e. The third kappa shape index (κ3) is 5.52. The van der Waals surface area contributed by atoms with Gasteiger partial charge in [-0.25, -0.2) is 0 Å². The van der Waals surface area contributed by atoms with E-state index < -0.39 is 0 Å². The minimum atomic E-state index is 0.216. The molecule has 208 valence electrons. The Morgan fingerprint density at radius 2 is 1.92 bits per heavy atom. The highest BCUT2D eigenvalue weighted by Crippen LogP contribution is 2.66. The molecule has 0 amide bonds. The summed E-state index contributed by atoms with van der Waals surface area (Å²) in [6, 6.07) is 1.06. The maximum atomic E-state index is 11.4. The fraction of sp³-hybridized carbons (Fsp3) is 0.818. The van der Waals surface area contributed by atoms with Crippen LogP contribution in [0.4, 0.5) is 0 Å². The predicted octanol–water partition coefficient (Wildman–Crippen LogP) is 7.21. The van der Waals surface area contributed by atoms with E-state index in [-0.39, 0.29) is 5.41 Å². The fourth-order valence-electron chi connectivity index (χ4n) is 9.56. The van der Waals surface area contributed by atoms with Crippen molar-refractivity contribution in [3.63, 3.8) is 0 Å². The molecule has 4 nitrogen and oxygen atoms in total. The zero-order valence-corrected chi connectivity index (χ0v) is 24.8. The van der Waals surface area contributed by atoms with Crippen molar-refractivity contribution in [1.82, 2.24) is 10.2 Å². The first-order valence-corrected chi connectivity index (χ1v) is 15.4. The predicted molar refractivity (Wildman–Crippen MR) is 157 cm³/mol. The lowest BCUT2D eigenvalue weighted by Crippen LogP contribution is -2.50. The molecule has 1 aliphatic heterocycles. The molecule has 8 unspecified atom stereocenters. The molecule has 0 spiro atoms. The lowest BCUT2D eigenvalue weighted by atomic mass is 9.47. The van der Waals surface area contributed by atoms with Crippen molar-refractivity contribution in [2.75, 3.05) is 20.6 Å². The SMILES string of the molecule is C=C(C1CCC(CCC/N=C(\C)C2CCC3C4CC/C(=C/C=O)C(C)(CCC)C4CCC23C)N1)N(C)C. The molecule has 3 aliphatic carbocycles. The quantitative estimate of drug-likeness (QED) is 0.146. The zero-order valence-electron chi connectivity index (χ0n) is 24.8. The summed E-state index contributed by atoms with van der Waals surface area (Å²) in [6.45, 7) is 15.0. The van der Waals surface area contributed by atoms with E-state index in [2.05, 4.69) is 58.6 Å². The van der Waals surface area contributed by atoms with Crippen molar-refractivity contribution in [3.05, 3.63) is 23.9 Å². The summed E-state index contributed by atoms with van der Waals surface area (Å²) in [4.78, 5) is 18.8. The van der Waals surface area contributed by atoms with Crippen LogP contribution < -0.4 is 5.32 Å². The second-order valence-electron chi connectivity index (χ2n) is 13.6. The van der Waals surface area contributed by atoms with Gasteiger partial charge in [0, 0.05) is 50.1 Å². The standard InChI is InChI=1S/C33H55N3O/c1-8-19-32(4)25(18-22-37)11-13-27-29-15-14-28(33(29,5)20-17-30(27)32)23(2)34-21-9-10-26-12-16-31(35-26)24(3)36(6)7/h18,22,26-31,35H,3,8-17,19-21H2,1-2,4-7H3/b25-18-,34-23+. The van der Waals surface area contributed by atoms with Crippen LogP contribution in [-0.2, 0) is 4.79 Å². The topological polar surface area (TPSA) is 44.7 Å². The lowest BCUT2D eigenvalue weighted by Gasteiger charge is -2.57. The minimum absolute atomic E-state index is 0.216. The Bertz CT molecular complexity index is 890. The number of nitrogens with one attached hydrogen (secondary N) is 1. The number of nitrogens with zero attached hydrogens (tertiary/aromatic N) is 2. The number of rotatable bonds is 10. The van der Waals surface area contributed by atoms with Crippen LogP contribution >= 0.6 is 0 Å². The Balaban J connectivity index is 1.35. The number of hydrogen-bond acceptors (Lipinski definition) is 4. The Hall–Kier alpha value is -1.42. The number of carbonyl (C=O) groups excluding carboxylic acids is 1. The molecule has 4 heteroatoms. The monoisotopic (exact) mass is 509 g/mol. The third-order valence-corrected chi connectivity index (χ3v) is 11.6. The van der Waals surface area contributed by atoms with Crippen LogP contribution in [-0.4, -0.2) is 49.6 Å². The molecule has 4 fully saturated rings. The summed E-state index contributed by atoms with van der Waals surface area (Å²) in [5.74, 6) is 3.03. The number of carbonyl (C=O) groups is 1. The van der Waals surface area contributed by atoms with Gasteiger partial charge in [0.05, 0.1) is 0 Å². The van der Waals surface area contributed by atoms with E-state index in [1.165, 1.54) is 87.6 Å². The summed E-state index contributed by atoms with van der Waals surface area (Å²) in [5, 5.41) is 3.80. The molecule has 8 atom stereocenters. The van der Waals surface area contributed by atoms with Crippen molar-refractivity contribution in [2.45, 2.75) is 117 Å². The van der Waals surface area contributed by atoms with Crippen molar-refractivity contribution >= 4 is 12.0 Å². The van der Waals surface area contributed by atoms with Crippen LogP contribution in [0, 0.1) is 34.5 Å². The number of likely N-dealkylation sites (N-methyl/N-ethyl adjacent to an activating group) is 1. The molecule has 0 aromatic heterocycles. The number of fused-ring (bicyclic) bond motifs is 3. The van der Waals surface area contributed by atoms with E-state index in [1.807, 2.05) is 6.08 Å². The van der Waals surface area contributed by atoms with Crippen LogP contribution in [0.25, 0.3) is 0 Å². The molecule has 0 aromatic rings. The number of aliphatic imine (C=N–C) groups is 1. The van der Waals surface area contributed by atoms with Gasteiger partial charge in [0.25, 0.3) is 0 Å². The van der Waals surface area contributed by atoms with Crippen molar-refractivity contribution in [2.24, 2.45) is 39.5 Å². The summed E-state index contributed by atoms with van der Waals surface area (Å²) < 4.78 is 0. The third-order valence-electron chi connectivity index (χ3n) is 11.6.